The number of hydrogen-bond donors (Lipinski definition) is 1. The Morgan fingerprint density at radius 2 is 2.00 bits per heavy atom. The zero-order valence-corrected chi connectivity index (χ0v) is 8.85. The van der Waals surface area contributed by atoms with Gasteiger partial charge in [0, 0.05) is 37.7 Å². The van der Waals surface area contributed by atoms with Crippen LogP contribution in [0.2, 0.25) is 0 Å². The molecule has 0 bridgehead atoms. The molecule has 82 valence electrons. The van der Waals surface area contributed by atoms with E-state index in [1.54, 1.807) is 6.33 Å². The Morgan fingerprint density at radius 3 is 2.73 bits per heavy atom. The maximum atomic E-state index is 5.32. The quantitative estimate of drug-likeness (QED) is 0.800. The van der Waals surface area contributed by atoms with Gasteiger partial charge in [-0.15, -0.1) is 0 Å². The van der Waals surface area contributed by atoms with Gasteiger partial charge in [0.05, 0.1) is 0 Å². The minimum atomic E-state index is 0.767. The van der Waals surface area contributed by atoms with Gasteiger partial charge in [-0.25, -0.2) is 9.97 Å². The summed E-state index contributed by atoms with van der Waals surface area (Å²) in [6.07, 6.45) is 7.62. The molecule has 1 aromatic heterocycles. The van der Waals surface area contributed by atoms with Gasteiger partial charge < -0.3 is 10.1 Å². The topological polar surface area (TPSA) is 47.0 Å². The molecule has 1 aliphatic heterocycles. The number of nitrogens with zero attached hydrogens (tertiary/aromatic N) is 2. The van der Waals surface area contributed by atoms with E-state index in [1.807, 2.05) is 12.4 Å². The standard InChI is InChI=1S/C11H17N3O/c1-3-15-4-2-10(1)5-12-6-11-7-13-9-14-8-11/h7-10,12H,1-6H2. The first-order chi connectivity index (χ1) is 7.45. The Labute approximate surface area is 90.1 Å². The summed E-state index contributed by atoms with van der Waals surface area (Å²) < 4.78 is 5.32. The second kappa shape index (κ2) is 5.78. The van der Waals surface area contributed by atoms with Crippen LogP contribution in [0.1, 0.15) is 18.4 Å². The zero-order chi connectivity index (χ0) is 10.3. The smallest absolute Gasteiger partial charge is 0.115 e. The summed E-state index contributed by atoms with van der Waals surface area (Å²) >= 11 is 0. The number of hydrogen-bond acceptors (Lipinski definition) is 4. The second-order valence-electron chi connectivity index (χ2n) is 3.93. The predicted octanol–water partition coefficient (Wildman–Crippen LogP) is 0.993. The first kappa shape index (κ1) is 10.5. The molecule has 0 unspecified atom stereocenters. The molecule has 1 aliphatic rings. The highest BCUT2D eigenvalue weighted by molar-refractivity contribution is 5.01. The van der Waals surface area contributed by atoms with E-state index in [2.05, 4.69) is 15.3 Å². The van der Waals surface area contributed by atoms with Crippen LogP contribution in [0.3, 0.4) is 0 Å². The lowest BCUT2D eigenvalue weighted by molar-refractivity contribution is 0.0662. The third-order valence-corrected chi connectivity index (χ3v) is 2.72. The van der Waals surface area contributed by atoms with Gasteiger partial charge in [-0.2, -0.15) is 0 Å². The molecule has 4 nitrogen and oxygen atoms in total. The van der Waals surface area contributed by atoms with Crippen molar-refractivity contribution in [1.82, 2.24) is 15.3 Å². The molecule has 15 heavy (non-hydrogen) atoms. The first-order valence-corrected chi connectivity index (χ1v) is 5.47. The van der Waals surface area contributed by atoms with E-state index in [-0.39, 0.29) is 0 Å². The highest BCUT2D eigenvalue weighted by atomic mass is 16.5. The predicted molar refractivity (Wildman–Crippen MR) is 57.3 cm³/mol. The van der Waals surface area contributed by atoms with Gasteiger partial charge in [0.1, 0.15) is 6.33 Å². The molecule has 1 saturated heterocycles. The van der Waals surface area contributed by atoms with E-state index < -0.39 is 0 Å². The zero-order valence-electron chi connectivity index (χ0n) is 8.85. The number of aromatic nitrogens is 2. The lowest BCUT2D eigenvalue weighted by Gasteiger charge is -2.22. The molecule has 0 spiro atoms. The normalized spacial score (nSPS) is 17.9. The molecule has 4 heteroatoms. The van der Waals surface area contributed by atoms with Gasteiger partial charge >= 0.3 is 0 Å². The molecule has 0 amide bonds. The summed E-state index contributed by atoms with van der Waals surface area (Å²) in [5.74, 6) is 0.767. The summed E-state index contributed by atoms with van der Waals surface area (Å²) in [7, 11) is 0. The summed E-state index contributed by atoms with van der Waals surface area (Å²) in [5.41, 5.74) is 1.14. The number of rotatable bonds is 4. The van der Waals surface area contributed by atoms with Crippen LogP contribution in [0.5, 0.6) is 0 Å². The maximum Gasteiger partial charge on any atom is 0.115 e. The van der Waals surface area contributed by atoms with Crippen LogP contribution < -0.4 is 5.32 Å². The molecule has 1 aromatic rings. The van der Waals surface area contributed by atoms with Gasteiger partial charge in [0.15, 0.2) is 0 Å². The molecule has 1 N–H and O–H groups in total. The van der Waals surface area contributed by atoms with Gasteiger partial charge in [0.25, 0.3) is 0 Å². The van der Waals surface area contributed by atoms with E-state index in [0.717, 1.165) is 37.8 Å². The van der Waals surface area contributed by atoms with Crippen molar-refractivity contribution in [1.29, 1.82) is 0 Å². The van der Waals surface area contributed by atoms with E-state index in [0.29, 0.717) is 0 Å². The highest BCUT2D eigenvalue weighted by Gasteiger charge is 2.12. The van der Waals surface area contributed by atoms with Crippen LogP contribution in [-0.2, 0) is 11.3 Å². The van der Waals surface area contributed by atoms with E-state index >= 15 is 0 Å². The van der Waals surface area contributed by atoms with E-state index in [4.69, 9.17) is 4.74 Å². The Hall–Kier alpha value is -1.00. The summed E-state index contributed by atoms with van der Waals surface area (Å²) in [6.45, 7) is 3.76. The van der Waals surface area contributed by atoms with Gasteiger partial charge in [-0.1, -0.05) is 0 Å². The second-order valence-corrected chi connectivity index (χ2v) is 3.93. The van der Waals surface area contributed by atoms with Crippen LogP contribution in [0.25, 0.3) is 0 Å². The third-order valence-electron chi connectivity index (χ3n) is 2.72. The van der Waals surface area contributed by atoms with Crippen LogP contribution in [-0.4, -0.2) is 29.7 Å². The van der Waals surface area contributed by atoms with Gasteiger partial charge in [0.2, 0.25) is 0 Å². The summed E-state index contributed by atoms with van der Waals surface area (Å²) in [4.78, 5) is 7.96. The minimum Gasteiger partial charge on any atom is -0.381 e. The largest absolute Gasteiger partial charge is 0.381 e. The van der Waals surface area contributed by atoms with Crippen molar-refractivity contribution >= 4 is 0 Å². The Bertz CT molecular complexity index is 272. The maximum absolute atomic E-state index is 5.32. The average Bonchev–Trinajstić information content (AvgIpc) is 2.32. The molecule has 1 fully saturated rings. The van der Waals surface area contributed by atoms with Crippen molar-refractivity contribution < 1.29 is 4.74 Å². The highest BCUT2D eigenvalue weighted by Crippen LogP contribution is 2.13. The Kier molecular flexibility index (Phi) is 4.05. The van der Waals surface area contributed by atoms with Gasteiger partial charge in [-0.05, 0) is 25.3 Å². The first-order valence-electron chi connectivity index (χ1n) is 5.47. The molecular weight excluding hydrogens is 190 g/mol. The van der Waals surface area contributed by atoms with E-state index in [9.17, 15) is 0 Å². The monoisotopic (exact) mass is 207 g/mol. The molecule has 0 saturated carbocycles. The molecular formula is C11H17N3O. The Morgan fingerprint density at radius 1 is 1.27 bits per heavy atom. The fourth-order valence-electron chi connectivity index (χ4n) is 1.79. The average molecular weight is 207 g/mol. The van der Waals surface area contributed by atoms with Crippen molar-refractivity contribution in [3.05, 3.63) is 24.3 Å². The summed E-state index contributed by atoms with van der Waals surface area (Å²) in [6, 6.07) is 0. The molecule has 2 rings (SSSR count). The van der Waals surface area contributed by atoms with E-state index in [1.165, 1.54) is 12.8 Å². The third kappa shape index (κ3) is 3.57. The molecule has 2 heterocycles. The molecule has 0 aliphatic carbocycles. The van der Waals surface area contributed by atoms with Crippen LogP contribution >= 0.6 is 0 Å². The molecule has 0 radical (unpaired) electrons. The van der Waals surface area contributed by atoms with Crippen LogP contribution in [0.15, 0.2) is 18.7 Å². The van der Waals surface area contributed by atoms with Crippen LogP contribution in [0.4, 0.5) is 0 Å². The fraction of sp³-hybridized carbons (Fsp3) is 0.636. The fourth-order valence-corrected chi connectivity index (χ4v) is 1.79. The van der Waals surface area contributed by atoms with Crippen molar-refractivity contribution in [3.8, 4) is 0 Å². The summed E-state index contributed by atoms with van der Waals surface area (Å²) in [5, 5.41) is 3.44. The van der Waals surface area contributed by atoms with Crippen molar-refractivity contribution in [2.75, 3.05) is 19.8 Å². The lowest BCUT2D eigenvalue weighted by atomic mass is 10.0. The number of ether oxygens (including phenoxy) is 1. The molecule has 0 atom stereocenters. The van der Waals surface area contributed by atoms with Crippen molar-refractivity contribution in [2.24, 2.45) is 5.92 Å². The SMILES string of the molecule is c1ncc(CNCC2CCOCC2)cn1. The van der Waals surface area contributed by atoms with Crippen molar-refractivity contribution in [3.63, 3.8) is 0 Å². The minimum absolute atomic E-state index is 0.767. The number of nitrogens with one attached hydrogen (secondary N) is 1. The van der Waals surface area contributed by atoms with Gasteiger partial charge in [-0.3, -0.25) is 0 Å². The van der Waals surface area contributed by atoms with Crippen molar-refractivity contribution in [2.45, 2.75) is 19.4 Å². The lowest BCUT2D eigenvalue weighted by Crippen LogP contribution is -2.27. The Balaban J connectivity index is 1.66. The molecule has 0 aromatic carbocycles. The van der Waals surface area contributed by atoms with Crippen LogP contribution in [0, 0.1) is 5.92 Å².